The van der Waals surface area contributed by atoms with Crippen molar-refractivity contribution in [1.29, 1.82) is 0 Å². The third-order valence-electron chi connectivity index (χ3n) is 2.25. The summed E-state index contributed by atoms with van der Waals surface area (Å²) >= 11 is 0. The molecule has 10 heteroatoms. The van der Waals surface area contributed by atoms with Crippen molar-refractivity contribution in [3.63, 3.8) is 0 Å². The Bertz CT molecular complexity index is 364. The predicted molar refractivity (Wildman–Crippen MR) is 89.3 cm³/mol. The third-order valence-corrected chi connectivity index (χ3v) is 5.00. The van der Waals surface area contributed by atoms with E-state index in [0.717, 1.165) is 0 Å². The van der Waals surface area contributed by atoms with Crippen molar-refractivity contribution in [1.82, 2.24) is 0 Å². The Hall–Kier alpha value is -1.42. The highest BCUT2D eigenvalue weighted by molar-refractivity contribution is 8.77. The Balaban J connectivity index is 5.06. The van der Waals surface area contributed by atoms with E-state index in [-0.39, 0.29) is 26.4 Å². The highest BCUT2D eigenvalue weighted by Gasteiger charge is 2.36. The third kappa shape index (κ3) is 7.91. The Morgan fingerprint density at radius 3 is 0.958 bits per heavy atom. The molecule has 138 valence electrons. The van der Waals surface area contributed by atoms with Gasteiger partial charge in [-0.05, 0) is 27.7 Å². The van der Waals surface area contributed by atoms with Crippen LogP contribution in [-0.4, -0.2) is 60.8 Å². The summed E-state index contributed by atoms with van der Waals surface area (Å²) in [7, 11) is 1.40. The Morgan fingerprint density at radius 1 is 0.583 bits per heavy atom. The number of ether oxygens (including phenoxy) is 4. The molecule has 0 aliphatic heterocycles. The minimum absolute atomic E-state index is 0.0825. The molecule has 0 aliphatic carbocycles. The number of rotatable bonds is 11. The van der Waals surface area contributed by atoms with Gasteiger partial charge in [0.05, 0.1) is 26.4 Å². The average molecular weight is 382 g/mol. The van der Waals surface area contributed by atoms with Gasteiger partial charge in [-0.15, -0.1) is 0 Å². The zero-order chi connectivity index (χ0) is 18.5. The summed E-state index contributed by atoms with van der Waals surface area (Å²) in [6.45, 7) is 6.71. The van der Waals surface area contributed by atoms with E-state index in [1.165, 1.54) is 0 Å². The molecule has 0 spiro atoms. The Labute approximate surface area is 148 Å². The molecule has 0 radical (unpaired) electrons. The lowest BCUT2D eigenvalue weighted by atomic mass is 10.4. The van der Waals surface area contributed by atoms with Crippen LogP contribution in [0.4, 0.5) is 0 Å². The van der Waals surface area contributed by atoms with Crippen molar-refractivity contribution in [3.8, 4) is 0 Å². The number of carbonyl (C=O) groups is 4. The molecule has 0 bridgehead atoms. The molecule has 0 aliphatic rings. The fourth-order valence-corrected chi connectivity index (χ4v) is 3.75. The maximum Gasteiger partial charge on any atom is 0.331 e. The summed E-state index contributed by atoms with van der Waals surface area (Å²) in [5.41, 5.74) is 0. The van der Waals surface area contributed by atoms with E-state index in [9.17, 15) is 19.2 Å². The van der Waals surface area contributed by atoms with E-state index in [1.54, 1.807) is 27.7 Å². The normalized spacial score (nSPS) is 10.4. The van der Waals surface area contributed by atoms with Crippen molar-refractivity contribution >= 4 is 45.5 Å². The van der Waals surface area contributed by atoms with Crippen LogP contribution in [0.25, 0.3) is 0 Å². The van der Waals surface area contributed by atoms with Gasteiger partial charge >= 0.3 is 23.9 Å². The summed E-state index contributed by atoms with van der Waals surface area (Å²) in [6, 6.07) is 0. The van der Waals surface area contributed by atoms with Gasteiger partial charge in [-0.3, -0.25) is 19.2 Å². The molecule has 0 aromatic carbocycles. The molecule has 0 unspecified atom stereocenters. The molecule has 0 saturated carbocycles. The largest absolute Gasteiger partial charge is 0.465 e. The van der Waals surface area contributed by atoms with Crippen LogP contribution < -0.4 is 0 Å². The van der Waals surface area contributed by atoms with E-state index in [4.69, 9.17) is 18.9 Å². The summed E-state index contributed by atoms with van der Waals surface area (Å²) < 4.78 is 19.3. The number of hydrogen-bond acceptors (Lipinski definition) is 10. The molecule has 8 nitrogen and oxygen atoms in total. The quantitative estimate of drug-likeness (QED) is 0.225. The first-order chi connectivity index (χ1) is 11.4. The van der Waals surface area contributed by atoms with Crippen LogP contribution >= 0.6 is 21.6 Å². The van der Waals surface area contributed by atoms with Crippen molar-refractivity contribution in [3.05, 3.63) is 0 Å². The molecule has 0 fully saturated rings. The Morgan fingerprint density at radius 2 is 0.792 bits per heavy atom. The van der Waals surface area contributed by atoms with E-state index in [2.05, 4.69) is 0 Å². The van der Waals surface area contributed by atoms with Gasteiger partial charge in [0.2, 0.25) is 10.5 Å². The lowest BCUT2D eigenvalue weighted by Crippen LogP contribution is -2.33. The van der Waals surface area contributed by atoms with Crippen LogP contribution in [0, 0.1) is 0 Å². The van der Waals surface area contributed by atoms with Gasteiger partial charge in [-0.1, -0.05) is 21.6 Å². The second kappa shape index (κ2) is 12.9. The van der Waals surface area contributed by atoms with Gasteiger partial charge in [0.15, 0.2) is 0 Å². The minimum atomic E-state index is -1.32. The molecule has 24 heavy (non-hydrogen) atoms. The molecule has 0 heterocycles. The lowest BCUT2D eigenvalue weighted by molar-refractivity contribution is -0.154. The average Bonchev–Trinajstić information content (AvgIpc) is 2.52. The molecule has 0 atom stereocenters. The highest BCUT2D eigenvalue weighted by atomic mass is 33.1. The molecule has 0 N–H and O–H groups in total. The molecule has 0 amide bonds. The summed E-state index contributed by atoms with van der Waals surface area (Å²) in [5, 5.41) is -2.64. The SMILES string of the molecule is CCOC(=O)C(SSC(C(=O)OCC)C(=O)OCC)C(=O)OCC. The first kappa shape index (κ1) is 22.6. The Kier molecular flexibility index (Phi) is 12.2. The standard InChI is InChI=1S/C14H22O8S2/c1-5-19-11(15)9(12(16)20-6-2)23-24-10(13(17)21-7-3)14(18)22-8-4/h9-10H,5-8H2,1-4H3. The van der Waals surface area contributed by atoms with Crippen molar-refractivity contribution < 1.29 is 38.1 Å². The van der Waals surface area contributed by atoms with Gasteiger partial charge < -0.3 is 18.9 Å². The van der Waals surface area contributed by atoms with Gasteiger partial charge in [0.1, 0.15) is 0 Å². The second-order valence-corrected chi connectivity index (χ2v) is 6.44. The van der Waals surface area contributed by atoms with E-state index in [0.29, 0.717) is 21.6 Å². The van der Waals surface area contributed by atoms with Crippen LogP contribution in [0.15, 0.2) is 0 Å². The van der Waals surface area contributed by atoms with E-state index >= 15 is 0 Å². The number of esters is 4. The number of hydrogen-bond donors (Lipinski definition) is 0. The molecule has 0 aromatic rings. The van der Waals surface area contributed by atoms with Crippen molar-refractivity contribution in [2.45, 2.75) is 38.2 Å². The molecule has 0 aromatic heterocycles. The topological polar surface area (TPSA) is 105 Å². The zero-order valence-electron chi connectivity index (χ0n) is 14.1. The van der Waals surface area contributed by atoms with Gasteiger partial charge in [-0.2, -0.15) is 0 Å². The summed E-state index contributed by atoms with van der Waals surface area (Å²) in [4.78, 5) is 47.5. The molecular formula is C14H22O8S2. The van der Waals surface area contributed by atoms with Crippen LogP contribution in [0.5, 0.6) is 0 Å². The first-order valence-corrected chi connectivity index (χ1v) is 9.69. The van der Waals surface area contributed by atoms with Gasteiger partial charge in [0.25, 0.3) is 0 Å². The van der Waals surface area contributed by atoms with Crippen molar-refractivity contribution in [2.24, 2.45) is 0 Å². The predicted octanol–water partition coefficient (Wildman–Crippen LogP) is 1.36. The van der Waals surface area contributed by atoms with Gasteiger partial charge in [0, 0.05) is 0 Å². The summed E-state index contributed by atoms with van der Waals surface area (Å²) in [5.74, 6) is -3.22. The first-order valence-electron chi connectivity index (χ1n) is 7.41. The van der Waals surface area contributed by atoms with Crippen LogP contribution in [-0.2, 0) is 38.1 Å². The maximum absolute atomic E-state index is 11.9. The maximum atomic E-state index is 11.9. The summed E-state index contributed by atoms with van der Waals surface area (Å²) in [6.07, 6.45) is 0. The molecular weight excluding hydrogens is 360 g/mol. The van der Waals surface area contributed by atoms with Crippen LogP contribution in [0.1, 0.15) is 27.7 Å². The fourth-order valence-electron chi connectivity index (χ4n) is 1.33. The fraction of sp³-hybridized carbons (Fsp3) is 0.714. The van der Waals surface area contributed by atoms with E-state index in [1.807, 2.05) is 0 Å². The lowest BCUT2D eigenvalue weighted by Gasteiger charge is -2.17. The monoisotopic (exact) mass is 382 g/mol. The smallest absolute Gasteiger partial charge is 0.331 e. The van der Waals surface area contributed by atoms with E-state index < -0.39 is 34.4 Å². The van der Waals surface area contributed by atoms with Crippen LogP contribution in [0.3, 0.4) is 0 Å². The second-order valence-electron chi connectivity index (χ2n) is 3.96. The minimum Gasteiger partial charge on any atom is -0.465 e. The molecule has 0 rings (SSSR count). The van der Waals surface area contributed by atoms with Crippen molar-refractivity contribution in [2.75, 3.05) is 26.4 Å². The molecule has 0 saturated heterocycles. The highest BCUT2D eigenvalue weighted by Crippen LogP contribution is 2.34. The zero-order valence-corrected chi connectivity index (χ0v) is 15.7. The van der Waals surface area contributed by atoms with Crippen LogP contribution in [0.2, 0.25) is 0 Å². The van der Waals surface area contributed by atoms with Gasteiger partial charge in [-0.25, -0.2) is 0 Å². The number of carbonyl (C=O) groups excluding carboxylic acids is 4.